The van der Waals surface area contributed by atoms with Crippen LogP contribution in [0.3, 0.4) is 0 Å². The third-order valence-corrected chi connectivity index (χ3v) is 6.23. The highest BCUT2D eigenvalue weighted by Crippen LogP contribution is 2.59. The molecule has 4 aromatic rings. The molecular formula is C26H22N2O2. The molecule has 0 radical (unpaired) electrons. The van der Waals surface area contributed by atoms with Gasteiger partial charge < -0.3 is 9.97 Å². The summed E-state index contributed by atoms with van der Waals surface area (Å²) in [5.74, 6) is -0.994. The molecule has 4 unspecified atom stereocenters. The molecule has 2 N–H and O–H groups in total. The van der Waals surface area contributed by atoms with Gasteiger partial charge in [0.05, 0.1) is 0 Å². The van der Waals surface area contributed by atoms with E-state index in [-0.39, 0.29) is 23.4 Å². The average Bonchev–Trinajstić information content (AvgIpc) is 3.49. The molecule has 0 saturated heterocycles. The Hall–Kier alpha value is -3.66. The van der Waals surface area contributed by atoms with Crippen LogP contribution in [0.4, 0.5) is 0 Å². The normalized spacial score (nSPS) is 22.9. The van der Waals surface area contributed by atoms with E-state index in [0.717, 1.165) is 11.4 Å². The molecular weight excluding hydrogens is 372 g/mol. The van der Waals surface area contributed by atoms with E-state index in [4.69, 9.17) is 0 Å². The summed E-state index contributed by atoms with van der Waals surface area (Å²) in [6.45, 7) is 0. The number of hydrogen-bond donors (Lipinski definition) is 2. The van der Waals surface area contributed by atoms with Gasteiger partial charge >= 0.3 is 0 Å². The van der Waals surface area contributed by atoms with Gasteiger partial charge in [-0.05, 0) is 24.3 Å². The Bertz CT molecular complexity index is 1040. The molecule has 30 heavy (non-hydrogen) atoms. The number of carbonyl (C=O) groups excluding carboxylic acids is 2. The summed E-state index contributed by atoms with van der Waals surface area (Å²) in [4.78, 5) is 33.8. The second kappa shape index (κ2) is 7.64. The molecule has 4 atom stereocenters. The molecule has 1 saturated carbocycles. The fourth-order valence-corrected chi connectivity index (χ4v) is 4.87. The van der Waals surface area contributed by atoms with Gasteiger partial charge in [-0.2, -0.15) is 0 Å². The van der Waals surface area contributed by atoms with Gasteiger partial charge in [0.1, 0.15) is 0 Å². The number of nitrogens with one attached hydrogen (secondary N) is 2. The topological polar surface area (TPSA) is 65.7 Å². The largest absolute Gasteiger partial charge is 0.365 e. The van der Waals surface area contributed by atoms with Crippen molar-refractivity contribution in [2.75, 3.05) is 0 Å². The highest BCUT2D eigenvalue weighted by Gasteiger charge is 2.58. The maximum absolute atomic E-state index is 13.6. The van der Waals surface area contributed by atoms with Gasteiger partial charge in [-0.25, -0.2) is 0 Å². The lowest BCUT2D eigenvalue weighted by Crippen LogP contribution is -2.51. The fourth-order valence-electron chi connectivity index (χ4n) is 4.87. The lowest BCUT2D eigenvalue weighted by molar-refractivity contribution is 0.0444. The number of ketones is 2. The lowest BCUT2D eigenvalue weighted by atomic mass is 9.51. The Morgan fingerprint density at radius 2 is 0.933 bits per heavy atom. The monoisotopic (exact) mass is 394 g/mol. The first-order valence-corrected chi connectivity index (χ1v) is 10.2. The minimum absolute atomic E-state index is 0.0206. The molecule has 1 aliphatic rings. The fraction of sp³-hybridized carbons (Fsp3) is 0.154. The zero-order chi connectivity index (χ0) is 20.5. The van der Waals surface area contributed by atoms with Crippen LogP contribution in [-0.2, 0) is 0 Å². The summed E-state index contributed by atoms with van der Waals surface area (Å²) in [5.41, 5.74) is 3.27. The average molecular weight is 394 g/mol. The van der Waals surface area contributed by atoms with Crippen molar-refractivity contribution >= 4 is 11.6 Å². The lowest BCUT2D eigenvalue weighted by Gasteiger charge is -2.50. The predicted molar refractivity (Wildman–Crippen MR) is 116 cm³/mol. The van der Waals surface area contributed by atoms with Crippen molar-refractivity contribution in [2.45, 2.75) is 11.8 Å². The second-order valence-corrected chi connectivity index (χ2v) is 7.81. The Labute approximate surface area is 175 Å². The van der Waals surface area contributed by atoms with Gasteiger partial charge in [0.25, 0.3) is 0 Å². The molecule has 1 aliphatic carbocycles. The van der Waals surface area contributed by atoms with E-state index in [1.165, 1.54) is 0 Å². The molecule has 4 nitrogen and oxygen atoms in total. The van der Waals surface area contributed by atoms with Crippen molar-refractivity contribution < 1.29 is 9.59 Å². The number of hydrogen-bond acceptors (Lipinski definition) is 2. The van der Waals surface area contributed by atoms with Crippen LogP contribution in [0.1, 0.15) is 43.9 Å². The van der Waals surface area contributed by atoms with Crippen LogP contribution in [0, 0.1) is 11.8 Å². The van der Waals surface area contributed by atoms with Crippen molar-refractivity contribution in [1.82, 2.24) is 9.97 Å². The van der Waals surface area contributed by atoms with E-state index in [9.17, 15) is 9.59 Å². The van der Waals surface area contributed by atoms with E-state index in [1.807, 2.05) is 97.3 Å². The summed E-state index contributed by atoms with van der Waals surface area (Å²) in [6, 6.07) is 26.5. The molecule has 0 spiro atoms. The van der Waals surface area contributed by atoms with Crippen LogP contribution in [0.15, 0.2) is 97.3 Å². The maximum atomic E-state index is 13.6. The zero-order valence-electron chi connectivity index (χ0n) is 16.4. The highest BCUT2D eigenvalue weighted by molar-refractivity contribution is 6.07. The Balaban J connectivity index is 1.62. The van der Waals surface area contributed by atoms with Crippen LogP contribution in [0.25, 0.3) is 0 Å². The number of aromatic amines is 2. The Morgan fingerprint density at radius 3 is 1.27 bits per heavy atom. The van der Waals surface area contributed by atoms with Crippen LogP contribution in [0.2, 0.25) is 0 Å². The van der Waals surface area contributed by atoms with Gasteiger partial charge in [-0.15, -0.1) is 0 Å². The summed E-state index contributed by atoms with van der Waals surface area (Å²) < 4.78 is 0. The molecule has 0 bridgehead atoms. The molecule has 2 heterocycles. The maximum Gasteiger partial charge on any atom is 0.167 e. The number of carbonyl (C=O) groups is 2. The van der Waals surface area contributed by atoms with E-state index < -0.39 is 11.8 Å². The number of aromatic nitrogens is 2. The molecule has 1 fully saturated rings. The second-order valence-electron chi connectivity index (χ2n) is 7.81. The Morgan fingerprint density at radius 1 is 0.533 bits per heavy atom. The standard InChI is InChI=1S/C26H22N2O2/c29-25(17-9-3-1-4-10-17)23-21(19-13-7-15-27-19)22(20-14-8-16-28-20)24(23)26(30)18-11-5-2-6-12-18/h1-16,21-24,27-28H. The first-order valence-electron chi connectivity index (χ1n) is 10.2. The number of H-pyrrole nitrogens is 2. The van der Waals surface area contributed by atoms with Crippen LogP contribution < -0.4 is 0 Å². The van der Waals surface area contributed by atoms with Crippen LogP contribution in [0.5, 0.6) is 0 Å². The van der Waals surface area contributed by atoms with E-state index >= 15 is 0 Å². The SMILES string of the molecule is O=C(c1ccccc1)C1C(C(=O)c2ccccc2)C(c2ccc[nH]2)C1c1ccc[nH]1. The summed E-state index contributed by atoms with van der Waals surface area (Å²) in [6.07, 6.45) is 3.75. The van der Waals surface area contributed by atoms with Gasteiger partial charge in [-0.1, -0.05) is 60.7 Å². The minimum Gasteiger partial charge on any atom is -0.365 e. The molecule has 0 amide bonds. The zero-order valence-corrected chi connectivity index (χ0v) is 16.4. The minimum atomic E-state index is -0.424. The molecule has 5 rings (SSSR count). The summed E-state index contributed by atoms with van der Waals surface area (Å²) >= 11 is 0. The molecule has 0 aliphatic heterocycles. The van der Waals surface area contributed by atoms with E-state index in [2.05, 4.69) is 9.97 Å². The quantitative estimate of drug-likeness (QED) is 0.440. The van der Waals surface area contributed by atoms with Crippen molar-refractivity contribution in [2.24, 2.45) is 11.8 Å². The van der Waals surface area contributed by atoms with E-state index in [0.29, 0.717) is 11.1 Å². The highest BCUT2D eigenvalue weighted by atomic mass is 16.1. The molecule has 4 heteroatoms. The smallest absolute Gasteiger partial charge is 0.167 e. The van der Waals surface area contributed by atoms with Crippen molar-refractivity contribution in [3.63, 3.8) is 0 Å². The molecule has 148 valence electrons. The Kier molecular flexibility index (Phi) is 4.68. The van der Waals surface area contributed by atoms with Crippen molar-refractivity contribution in [1.29, 1.82) is 0 Å². The predicted octanol–water partition coefficient (Wildman–Crippen LogP) is 5.22. The van der Waals surface area contributed by atoms with Gasteiger partial charge in [0, 0.05) is 58.6 Å². The molecule has 2 aromatic carbocycles. The molecule has 2 aromatic heterocycles. The van der Waals surface area contributed by atoms with Crippen molar-refractivity contribution in [3.8, 4) is 0 Å². The van der Waals surface area contributed by atoms with Gasteiger partial charge in [0.2, 0.25) is 0 Å². The van der Waals surface area contributed by atoms with Crippen molar-refractivity contribution in [3.05, 3.63) is 120 Å². The summed E-state index contributed by atoms with van der Waals surface area (Å²) in [5, 5.41) is 0. The number of Topliss-reactive ketones (excluding diaryl/α,β-unsaturated/α-hetero) is 2. The van der Waals surface area contributed by atoms with Crippen LogP contribution in [-0.4, -0.2) is 21.5 Å². The summed E-state index contributed by atoms with van der Waals surface area (Å²) in [7, 11) is 0. The van der Waals surface area contributed by atoms with Gasteiger partial charge in [0.15, 0.2) is 11.6 Å². The third-order valence-electron chi connectivity index (χ3n) is 6.23. The number of benzene rings is 2. The first kappa shape index (κ1) is 18.4. The van der Waals surface area contributed by atoms with E-state index in [1.54, 1.807) is 0 Å². The first-order chi connectivity index (χ1) is 14.8. The van der Waals surface area contributed by atoms with Gasteiger partial charge in [-0.3, -0.25) is 9.59 Å². The van der Waals surface area contributed by atoms with Crippen LogP contribution >= 0.6 is 0 Å². The number of rotatable bonds is 6. The third kappa shape index (κ3) is 3.01.